The molecule has 0 unspecified atom stereocenters. The average molecular weight is 368 g/mol. The quantitative estimate of drug-likeness (QED) is 0.872. The van der Waals surface area contributed by atoms with E-state index < -0.39 is 11.7 Å². The van der Waals surface area contributed by atoms with Crippen molar-refractivity contribution >= 4 is 10.8 Å². The number of aromatic nitrogens is 1. The number of H-pyrrole nitrogens is 1. The topological polar surface area (TPSA) is 45.3 Å². The Labute approximate surface area is 150 Å². The standard InChI is InChI=1S/C19H23F3N2O2/c1-12-11-23-18(25)14-3-4-15(17(20)16(12)14)26-13-5-8-24(9-6-13)10-7-19(2,21)22/h3-4,11,13H,5-10H2,1-2H3,(H,23,25). The van der Waals surface area contributed by atoms with Gasteiger partial charge in [0.2, 0.25) is 5.92 Å². The summed E-state index contributed by atoms with van der Waals surface area (Å²) in [7, 11) is 0. The normalized spacial score (nSPS) is 17.0. The highest BCUT2D eigenvalue weighted by atomic mass is 19.3. The van der Waals surface area contributed by atoms with Gasteiger partial charge in [-0.25, -0.2) is 13.2 Å². The fourth-order valence-corrected chi connectivity index (χ4v) is 3.33. The Morgan fingerprint density at radius 3 is 2.65 bits per heavy atom. The predicted octanol–water partition coefficient (Wildman–Crippen LogP) is 3.86. The average Bonchev–Trinajstić information content (AvgIpc) is 2.59. The highest BCUT2D eigenvalue weighted by Gasteiger charge is 2.26. The summed E-state index contributed by atoms with van der Waals surface area (Å²) in [4.78, 5) is 16.4. The fraction of sp³-hybridized carbons (Fsp3) is 0.526. The van der Waals surface area contributed by atoms with Gasteiger partial charge in [0.05, 0.1) is 5.39 Å². The number of halogens is 3. The van der Waals surface area contributed by atoms with Crippen LogP contribution in [0, 0.1) is 12.7 Å². The van der Waals surface area contributed by atoms with Crippen LogP contribution in [0.15, 0.2) is 23.1 Å². The molecule has 1 aromatic carbocycles. The summed E-state index contributed by atoms with van der Waals surface area (Å²) in [5, 5.41) is 0.569. The molecule has 7 heteroatoms. The van der Waals surface area contributed by atoms with Gasteiger partial charge >= 0.3 is 0 Å². The van der Waals surface area contributed by atoms with E-state index in [0.717, 1.165) is 6.92 Å². The van der Waals surface area contributed by atoms with Crippen LogP contribution in [0.3, 0.4) is 0 Å². The van der Waals surface area contributed by atoms with Crippen molar-refractivity contribution in [2.24, 2.45) is 0 Å². The maximum absolute atomic E-state index is 14.8. The van der Waals surface area contributed by atoms with Gasteiger partial charge in [0.15, 0.2) is 11.6 Å². The van der Waals surface area contributed by atoms with Crippen LogP contribution in [-0.4, -0.2) is 41.5 Å². The maximum Gasteiger partial charge on any atom is 0.255 e. The number of benzene rings is 1. The molecule has 1 N–H and O–H groups in total. The molecule has 0 atom stereocenters. The van der Waals surface area contributed by atoms with Crippen molar-refractivity contribution in [3.05, 3.63) is 40.1 Å². The molecule has 26 heavy (non-hydrogen) atoms. The minimum atomic E-state index is -2.66. The molecular formula is C19H23F3N2O2. The summed E-state index contributed by atoms with van der Waals surface area (Å²) in [6.07, 6.45) is 2.47. The molecule has 2 heterocycles. The van der Waals surface area contributed by atoms with Crippen LogP contribution in [0.25, 0.3) is 10.8 Å². The molecular weight excluding hydrogens is 345 g/mol. The molecule has 142 valence electrons. The minimum Gasteiger partial charge on any atom is -0.487 e. The van der Waals surface area contributed by atoms with E-state index in [1.165, 1.54) is 12.3 Å². The van der Waals surface area contributed by atoms with Gasteiger partial charge in [-0.15, -0.1) is 0 Å². The molecule has 3 rings (SSSR count). The van der Waals surface area contributed by atoms with Gasteiger partial charge in [-0.05, 0) is 44.4 Å². The Hall–Kier alpha value is -2.02. The number of nitrogens with one attached hydrogen (secondary N) is 1. The fourth-order valence-electron chi connectivity index (χ4n) is 3.33. The zero-order valence-corrected chi connectivity index (χ0v) is 14.9. The number of likely N-dealkylation sites (tertiary alicyclic amines) is 1. The van der Waals surface area contributed by atoms with Crippen LogP contribution < -0.4 is 10.3 Å². The molecule has 0 saturated carbocycles. The third kappa shape index (κ3) is 4.20. The summed E-state index contributed by atoms with van der Waals surface area (Å²) < 4.78 is 46.6. The molecule has 1 aliphatic rings. The van der Waals surface area contributed by atoms with Gasteiger partial charge in [0, 0.05) is 37.6 Å². The number of pyridine rings is 1. The highest BCUT2D eigenvalue weighted by Crippen LogP contribution is 2.29. The van der Waals surface area contributed by atoms with Gasteiger partial charge in [-0.2, -0.15) is 0 Å². The molecule has 0 bridgehead atoms. The summed E-state index contributed by atoms with van der Waals surface area (Å²) >= 11 is 0. The molecule has 1 fully saturated rings. The monoisotopic (exact) mass is 368 g/mol. The lowest BCUT2D eigenvalue weighted by Gasteiger charge is -2.32. The second-order valence-electron chi connectivity index (χ2n) is 7.08. The van der Waals surface area contributed by atoms with Gasteiger partial charge < -0.3 is 14.6 Å². The van der Waals surface area contributed by atoms with Crippen LogP contribution in [0.2, 0.25) is 0 Å². The number of aromatic amines is 1. The smallest absolute Gasteiger partial charge is 0.255 e. The number of hydrogen-bond acceptors (Lipinski definition) is 3. The van der Waals surface area contributed by atoms with E-state index in [1.54, 1.807) is 13.0 Å². The van der Waals surface area contributed by atoms with E-state index in [2.05, 4.69) is 4.98 Å². The van der Waals surface area contributed by atoms with Crippen LogP contribution in [0.5, 0.6) is 5.75 Å². The van der Waals surface area contributed by atoms with Crippen molar-refractivity contribution in [1.82, 2.24) is 9.88 Å². The second kappa shape index (κ2) is 7.31. The minimum absolute atomic E-state index is 0.129. The largest absolute Gasteiger partial charge is 0.487 e. The van der Waals surface area contributed by atoms with E-state index in [1.807, 2.05) is 4.90 Å². The summed E-state index contributed by atoms with van der Waals surface area (Å²) in [6, 6.07) is 3.05. The molecule has 0 spiro atoms. The Kier molecular flexibility index (Phi) is 5.27. The molecule has 1 aliphatic heterocycles. The lowest BCUT2D eigenvalue weighted by atomic mass is 10.1. The van der Waals surface area contributed by atoms with Crippen LogP contribution in [-0.2, 0) is 0 Å². The van der Waals surface area contributed by atoms with Crippen LogP contribution >= 0.6 is 0 Å². The Balaban J connectivity index is 1.67. The summed E-state index contributed by atoms with van der Waals surface area (Å²) in [5.41, 5.74) is 0.301. The Morgan fingerprint density at radius 2 is 2.00 bits per heavy atom. The third-order valence-corrected chi connectivity index (χ3v) is 4.86. The third-order valence-electron chi connectivity index (χ3n) is 4.86. The van der Waals surface area contributed by atoms with Crippen molar-refractivity contribution in [2.75, 3.05) is 19.6 Å². The zero-order chi connectivity index (χ0) is 18.9. The Bertz CT molecular complexity index is 837. The number of nitrogens with zero attached hydrogens (tertiary/aromatic N) is 1. The highest BCUT2D eigenvalue weighted by molar-refractivity contribution is 5.86. The van der Waals surface area contributed by atoms with E-state index in [-0.39, 0.29) is 29.2 Å². The first-order valence-electron chi connectivity index (χ1n) is 8.82. The number of rotatable bonds is 5. The number of piperidine rings is 1. The lowest BCUT2D eigenvalue weighted by molar-refractivity contribution is -0.00234. The van der Waals surface area contributed by atoms with Gasteiger partial charge in [0.25, 0.3) is 5.56 Å². The van der Waals surface area contributed by atoms with E-state index in [4.69, 9.17) is 4.74 Å². The van der Waals surface area contributed by atoms with Crippen molar-refractivity contribution < 1.29 is 17.9 Å². The molecule has 1 saturated heterocycles. The van der Waals surface area contributed by atoms with Crippen molar-refractivity contribution in [3.63, 3.8) is 0 Å². The molecule has 0 radical (unpaired) electrons. The maximum atomic E-state index is 14.8. The molecule has 4 nitrogen and oxygen atoms in total. The molecule has 0 aliphatic carbocycles. The Morgan fingerprint density at radius 1 is 1.31 bits per heavy atom. The second-order valence-corrected chi connectivity index (χ2v) is 7.08. The van der Waals surface area contributed by atoms with Crippen molar-refractivity contribution in [1.29, 1.82) is 0 Å². The number of hydrogen-bond donors (Lipinski definition) is 1. The zero-order valence-electron chi connectivity index (χ0n) is 14.9. The first-order valence-corrected chi connectivity index (χ1v) is 8.82. The summed E-state index contributed by atoms with van der Waals surface area (Å²) in [5.74, 6) is -3.05. The first kappa shape index (κ1) is 18.8. The number of alkyl halides is 2. The molecule has 1 aromatic heterocycles. The van der Waals surface area contributed by atoms with Crippen molar-refractivity contribution in [3.8, 4) is 5.75 Å². The summed E-state index contributed by atoms with van der Waals surface area (Å²) in [6.45, 7) is 4.30. The van der Waals surface area contributed by atoms with Gasteiger partial charge in [0.1, 0.15) is 6.10 Å². The number of fused-ring (bicyclic) bond motifs is 1. The first-order chi connectivity index (χ1) is 12.2. The number of aryl methyl sites for hydroxylation is 1. The van der Waals surface area contributed by atoms with Gasteiger partial charge in [-0.3, -0.25) is 4.79 Å². The van der Waals surface area contributed by atoms with E-state index in [0.29, 0.717) is 43.4 Å². The SMILES string of the molecule is Cc1c[nH]c(=O)c2ccc(OC3CCN(CCC(C)(F)F)CC3)c(F)c12. The van der Waals surface area contributed by atoms with E-state index >= 15 is 0 Å². The van der Waals surface area contributed by atoms with Crippen molar-refractivity contribution in [2.45, 2.75) is 45.1 Å². The van der Waals surface area contributed by atoms with Crippen LogP contribution in [0.4, 0.5) is 13.2 Å². The predicted molar refractivity (Wildman–Crippen MR) is 94.6 cm³/mol. The molecule has 2 aromatic rings. The lowest BCUT2D eigenvalue weighted by Crippen LogP contribution is -2.40. The molecule has 0 amide bonds. The van der Waals surface area contributed by atoms with Gasteiger partial charge in [-0.1, -0.05) is 0 Å². The van der Waals surface area contributed by atoms with E-state index in [9.17, 15) is 18.0 Å². The van der Waals surface area contributed by atoms with Crippen LogP contribution in [0.1, 0.15) is 31.7 Å². The number of ether oxygens (including phenoxy) is 1.